The first-order valence-corrected chi connectivity index (χ1v) is 33.4. The summed E-state index contributed by atoms with van der Waals surface area (Å²) >= 11 is 0. The Hall–Kier alpha value is -7.57. The minimum Gasteiger partial charge on any atom is -0.261 e. The van der Waals surface area contributed by atoms with Crippen LogP contribution in [0.2, 0.25) is 0 Å². The lowest BCUT2D eigenvalue weighted by Crippen LogP contribution is -2.15. The third-order valence-corrected chi connectivity index (χ3v) is 9.69. The molecule has 0 unspecified atom stereocenters. The van der Waals surface area contributed by atoms with Crippen LogP contribution in [0.3, 0.4) is 0 Å². The Labute approximate surface area is 563 Å². The van der Waals surface area contributed by atoms with Crippen molar-refractivity contribution in [2.45, 2.75) is 295 Å². The molecule has 0 radical (unpaired) electrons. The molecule has 19 heteroatoms. The van der Waals surface area contributed by atoms with Crippen molar-refractivity contribution in [1.82, 2.24) is 95.6 Å². The molecule has 0 spiro atoms. The van der Waals surface area contributed by atoms with Gasteiger partial charge in [-0.2, -0.15) is 30.6 Å². The number of hydrogen-bond acceptors (Lipinski definition) is 19. The maximum Gasteiger partial charge on any atom is 0.156 e. The van der Waals surface area contributed by atoms with Crippen LogP contribution in [0.1, 0.15) is 319 Å². The Kier molecular flexibility index (Phi) is 72.6. The summed E-state index contributed by atoms with van der Waals surface area (Å²) in [5.41, 5.74) is 5.72. The topological polar surface area (TPSA) is 245 Å². The van der Waals surface area contributed by atoms with E-state index in [1.165, 1.54) is 24.5 Å². The molecule has 0 fully saturated rings. The fourth-order valence-corrected chi connectivity index (χ4v) is 5.05. The maximum absolute atomic E-state index is 4.19. The van der Waals surface area contributed by atoms with Gasteiger partial charge in [-0.05, 0) is 47.7 Å². The highest BCUT2D eigenvalue weighted by molar-refractivity contribution is 5.11. The molecule has 92 heavy (non-hydrogen) atoms. The highest BCUT2D eigenvalue weighted by Gasteiger charge is 2.17. The van der Waals surface area contributed by atoms with Crippen LogP contribution in [0.4, 0.5) is 0 Å². The van der Waals surface area contributed by atoms with Crippen LogP contribution in [0.25, 0.3) is 0 Å². The second kappa shape index (κ2) is 66.4. The predicted octanol–water partition coefficient (Wildman–Crippen LogP) is 19.9. The molecular formula is C73H133N19. The zero-order valence-corrected chi connectivity index (χ0v) is 64.9. The molecule has 0 bridgehead atoms. The molecule has 0 saturated carbocycles. The predicted molar refractivity (Wildman–Crippen MR) is 392 cm³/mol. The van der Waals surface area contributed by atoms with E-state index in [0.29, 0.717) is 23.7 Å². The third-order valence-electron chi connectivity index (χ3n) is 9.69. The molecule has 8 aromatic heterocycles. The van der Waals surface area contributed by atoms with Gasteiger partial charge in [0.05, 0.1) is 35.7 Å². The lowest BCUT2D eigenvalue weighted by Gasteiger charge is -2.15. The highest BCUT2D eigenvalue weighted by atomic mass is 15.1. The van der Waals surface area contributed by atoms with Crippen LogP contribution < -0.4 is 0 Å². The third kappa shape index (κ3) is 58.8. The summed E-state index contributed by atoms with van der Waals surface area (Å²) in [4.78, 5) is 44.0. The summed E-state index contributed by atoms with van der Waals surface area (Å²) in [7, 11) is 0. The summed E-state index contributed by atoms with van der Waals surface area (Å²) in [6.45, 7) is 74.0. The monoisotopic (exact) mass is 1280 g/mol. The molecule has 0 saturated heterocycles. The summed E-state index contributed by atoms with van der Waals surface area (Å²) in [5.74, 6) is 4.45. The zero-order valence-electron chi connectivity index (χ0n) is 64.9. The lowest BCUT2D eigenvalue weighted by atomic mass is 9.92. The van der Waals surface area contributed by atoms with Crippen molar-refractivity contribution >= 4 is 0 Å². The van der Waals surface area contributed by atoms with Crippen molar-refractivity contribution in [1.29, 1.82) is 0 Å². The van der Waals surface area contributed by atoms with Gasteiger partial charge in [0.25, 0.3) is 0 Å². The van der Waals surface area contributed by atoms with Crippen molar-refractivity contribution in [3.05, 3.63) is 176 Å². The standard InChI is InChI=1S/2C8H12N2.2C7H11N3.3C7H10N2.C6H9N3.8C2H6/c1-8(2,3)7-6-9-4-5-10-7;1-8(2,3)7-5-4-6-9-10-7;1-7(2,3)6-4-9-10-5-8-6;1-7(2,3)6-8-4-5-9-10-6;1-6(2)7-3-4-8-5-9-7;1-6(2)7-3-4-8-9-5-7;1-6(2)7-8-4-3-5-9-7;1-5(2)6-8-3-7-4-9-6;8*1-2/h2*4-6H,1-3H3;2*4-5H,1-3H3;3*3-6H,1-2H3;3-5H,1-2H3;8*1-2H3. The van der Waals surface area contributed by atoms with E-state index in [1.807, 2.05) is 141 Å². The fraction of sp³-hybridized carbons (Fsp3) is 0.603. The van der Waals surface area contributed by atoms with Gasteiger partial charge in [0, 0.05) is 95.0 Å². The Bertz CT molecular complexity index is 2230. The van der Waals surface area contributed by atoms with Gasteiger partial charge in [-0.15, -0.1) is 10.2 Å². The number of hydrogen-bond donors (Lipinski definition) is 0. The van der Waals surface area contributed by atoms with Gasteiger partial charge in [-0.1, -0.05) is 249 Å². The molecule has 19 nitrogen and oxygen atoms in total. The van der Waals surface area contributed by atoms with Gasteiger partial charge in [0.2, 0.25) is 0 Å². The molecule has 8 rings (SSSR count). The van der Waals surface area contributed by atoms with Crippen LogP contribution in [0.15, 0.2) is 130 Å². The van der Waals surface area contributed by atoms with Gasteiger partial charge in [-0.25, -0.2) is 44.9 Å². The average molecular weight is 1280 g/mol. The minimum atomic E-state index is 0.00819. The second-order valence-electron chi connectivity index (χ2n) is 22.2. The van der Waals surface area contributed by atoms with Gasteiger partial charge in [-0.3, -0.25) is 9.97 Å². The van der Waals surface area contributed by atoms with Gasteiger partial charge >= 0.3 is 0 Å². The Morgan fingerprint density at radius 1 is 0.272 bits per heavy atom. The number of aromatic nitrogens is 19. The Morgan fingerprint density at radius 2 is 0.739 bits per heavy atom. The van der Waals surface area contributed by atoms with Gasteiger partial charge in [0.15, 0.2) is 5.82 Å². The fourth-order valence-electron chi connectivity index (χ4n) is 5.05. The zero-order chi connectivity index (χ0) is 73.2. The summed E-state index contributed by atoms with van der Waals surface area (Å²) in [5, 5.41) is 30.2. The van der Waals surface area contributed by atoms with Gasteiger partial charge in [0.1, 0.15) is 37.0 Å². The molecule has 520 valence electrons. The van der Waals surface area contributed by atoms with E-state index in [9.17, 15) is 0 Å². The van der Waals surface area contributed by atoms with Crippen molar-refractivity contribution in [3.63, 3.8) is 0 Å². The largest absolute Gasteiger partial charge is 0.261 e. The highest BCUT2D eigenvalue weighted by Crippen LogP contribution is 2.20. The van der Waals surface area contributed by atoms with Crippen molar-refractivity contribution < 1.29 is 0 Å². The molecule has 0 amide bonds. The first kappa shape index (κ1) is 101. The summed E-state index contributed by atoms with van der Waals surface area (Å²) in [6.07, 6.45) is 26.7. The maximum atomic E-state index is 4.19. The molecular weight excluding hydrogens is 1140 g/mol. The van der Waals surface area contributed by atoms with E-state index < -0.39 is 0 Å². The molecule has 0 aromatic carbocycles. The minimum absolute atomic E-state index is 0.00819. The van der Waals surface area contributed by atoms with Crippen LogP contribution in [-0.4, -0.2) is 95.6 Å². The number of rotatable bonds is 4. The van der Waals surface area contributed by atoms with Crippen LogP contribution in [-0.2, 0) is 21.7 Å². The van der Waals surface area contributed by atoms with Crippen molar-refractivity contribution in [3.8, 4) is 0 Å². The Balaban J connectivity index is -0.000000141. The summed E-state index contributed by atoms with van der Waals surface area (Å²) < 4.78 is 0. The lowest BCUT2D eigenvalue weighted by molar-refractivity contribution is 0.533. The Morgan fingerprint density at radius 3 is 1.00 bits per heavy atom. The first-order valence-electron chi connectivity index (χ1n) is 33.4. The SMILES string of the molecule is CC.CC.CC.CC.CC.CC.CC.CC.CC(C)(C)c1cccnn1.CC(C)(C)c1cnccn1.CC(C)(C)c1cnncn1.CC(C)(C)c1nccnn1.CC(C)c1ccncn1.CC(C)c1ccnnc1.CC(C)c1ncccn1.CC(C)c1ncncn1. The second-order valence-corrected chi connectivity index (χ2v) is 22.2. The van der Waals surface area contributed by atoms with E-state index in [1.54, 1.807) is 80.7 Å². The molecule has 8 heterocycles. The van der Waals surface area contributed by atoms with E-state index in [0.717, 1.165) is 40.2 Å². The van der Waals surface area contributed by atoms with Crippen molar-refractivity contribution in [2.75, 3.05) is 0 Å². The van der Waals surface area contributed by atoms with Gasteiger partial charge < -0.3 is 0 Å². The van der Waals surface area contributed by atoms with Crippen LogP contribution in [0.5, 0.6) is 0 Å². The molecule has 0 atom stereocenters. The quantitative estimate of drug-likeness (QED) is 0.159. The normalized spacial score (nSPS) is 9.48. The van der Waals surface area contributed by atoms with E-state index in [4.69, 9.17) is 0 Å². The molecule has 0 N–H and O–H groups in total. The first-order chi connectivity index (χ1) is 43.6. The molecule has 8 aromatic rings. The van der Waals surface area contributed by atoms with E-state index in [-0.39, 0.29) is 21.7 Å². The van der Waals surface area contributed by atoms with Crippen LogP contribution >= 0.6 is 0 Å². The molecule has 0 aliphatic heterocycles. The smallest absolute Gasteiger partial charge is 0.156 e. The van der Waals surface area contributed by atoms with E-state index >= 15 is 0 Å². The van der Waals surface area contributed by atoms with Crippen molar-refractivity contribution in [2.24, 2.45) is 0 Å². The number of nitrogens with zero attached hydrogens (tertiary/aromatic N) is 19. The molecule has 0 aliphatic rings. The molecule has 0 aliphatic carbocycles. The van der Waals surface area contributed by atoms with E-state index in [2.05, 4.69) is 234 Å². The van der Waals surface area contributed by atoms with Crippen LogP contribution in [0, 0.1) is 0 Å². The average Bonchev–Trinajstić information content (AvgIpc) is 3.76. The summed E-state index contributed by atoms with van der Waals surface area (Å²) in [6, 6.07) is 9.65.